The molecule has 0 aromatic heterocycles. The number of aliphatic hydroxyl groups is 1. The van der Waals surface area contributed by atoms with Crippen LogP contribution < -0.4 is 21.3 Å². The van der Waals surface area contributed by atoms with E-state index in [0.717, 1.165) is 6.42 Å². The fraction of sp³-hybridized carbons (Fsp3) is 0.850. The average molecular weight is 761 g/mol. The summed E-state index contributed by atoms with van der Waals surface area (Å²) in [6.07, 6.45) is 8.24. The second-order valence-corrected chi connectivity index (χ2v) is 18.5. The topological polar surface area (TPSA) is 77.6 Å². The number of ether oxygens (including phenoxy) is 1. The summed E-state index contributed by atoms with van der Waals surface area (Å²) in [6, 6.07) is 12.7. The molecule has 5 saturated heterocycles. The lowest BCUT2D eigenvalue weighted by molar-refractivity contribution is -0.00488. The van der Waals surface area contributed by atoms with E-state index in [0.29, 0.717) is 108 Å². The maximum atomic E-state index is 11.6. The van der Waals surface area contributed by atoms with Crippen molar-refractivity contribution in [1.82, 2.24) is 21.3 Å². The van der Waals surface area contributed by atoms with Crippen molar-refractivity contribution in [2.45, 2.75) is 161 Å². The summed E-state index contributed by atoms with van der Waals surface area (Å²) in [4.78, 5) is 0. The zero-order valence-corrected chi connectivity index (χ0v) is 32.3. The van der Waals surface area contributed by atoms with Crippen LogP contribution in [0.25, 0.3) is 0 Å². The van der Waals surface area contributed by atoms with Crippen molar-refractivity contribution in [3.63, 3.8) is 0 Å². The van der Waals surface area contributed by atoms with E-state index < -0.39 is 0 Å². The summed E-state index contributed by atoms with van der Waals surface area (Å²) >= 11 is 2.41. The first kappa shape index (κ1) is 35.1. The first-order valence-corrected chi connectivity index (χ1v) is 20.8. The Morgan fingerprint density at radius 1 is 0.787 bits per heavy atom. The Morgan fingerprint density at radius 2 is 1.43 bits per heavy atom. The molecule has 47 heavy (non-hydrogen) atoms. The monoisotopic (exact) mass is 760 g/mol. The highest BCUT2D eigenvalue weighted by Gasteiger charge is 2.58. The van der Waals surface area contributed by atoms with Crippen LogP contribution in [0.15, 0.2) is 24.3 Å². The smallest absolute Gasteiger partial charge is 0.0721 e. The van der Waals surface area contributed by atoms with Gasteiger partial charge in [-0.1, -0.05) is 66.5 Å². The van der Waals surface area contributed by atoms with E-state index in [1.807, 2.05) is 0 Å². The lowest BCUT2D eigenvalue weighted by atomic mass is 9.76. The highest BCUT2D eigenvalue weighted by atomic mass is 127. The van der Waals surface area contributed by atoms with Crippen molar-refractivity contribution in [2.24, 2.45) is 53.3 Å². The van der Waals surface area contributed by atoms with E-state index in [1.165, 1.54) is 47.7 Å². The van der Waals surface area contributed by atoms with Gasteiger partial charge in [0.15, 0.2) is 0 Å². The van der Waals surface area contributed by atoms with Crippen molar-refractivity contribution >= 4 is 22.6 Å². The van der Waals surface area contributed by atoms with E-state index in [2.05, 4.69) is 117 Å². The number of rotatable bonds is 7. The minimum Gasteiger partial charge on any atom is -0.393 e. The third-order valence-corrected chi connectivity index (χ3v) is 15.7. The van der Waals surface area contributed by atoms with Crippen LogP contribution in [-0.2, 0) is 11.3 Å². The number of nitrogens with one attached hydrogen (secondary N) is 4. The van der Waals surface area contributed by atoms with Crippen LogP contribution in [-0.4, -0.2) is 65.6 Å². The van der Waals surface area contributed by atoms with Gasteiger partial charge in [-0.25, -0.2) is 0 Å². The van der Waals surface area contributed by atoms with Crippen LogP contribution in [0, 0.1) is 56.8 Å². The van der Waals surface area contributed by atoms with Crippen LogP contribution in [0.3, 0.4) is 0 Å². The van der Waals surface area contributed by atoms with Gasteiger partial charge >= 0.3 is 0 Å². The highest BCUT2D eigenvalue weighted by molar-refractivity contribution is 14.1. The molecule has 1 aromatic rings. The molecule has 5 aliphatic heterocycles. The largest absolute Gasteiger partial charge is 0.393 e. The molecule has 1 aliphatic carbocycles. The Balaban J connectivity index is 1.19. The molecule has 5 heterocycles. The third kappa shape index (κ3) is 6.52. The van der Waals surface area contributed by atoms with Crippen LogP contribution >= 0.6 is 22.6 Å². The highest BCUT2D eigenvalue weighted by Crippen LogP contribution is 2.50. The molecule has 0 spiro atoms. The second kappa shape index (κ2) is 14.4. The van der Waals surface area contributed by atoms with Crippen molar-refractivity contribution < 1.29 is 9.84 Å². The van der Waals surface area contributed by atoms with Gasteiger partial charge < -0.3 is 31.1 Å². The normalized spacial score (nSPS) is 49.9. The van der Waals surface area contributed by atoms with E-state index in [-0.39, 0.29) is 12.2 Å². The predicted molar refractivity (Wildman–Crippen MR) is 200 cm³/mol. The second-order valence-electron chi connectivity index (χ2n) is 17.3. The molecule has 6 nitrogen and oxygen atoms in total. The van der Waals surface area contributed by atoms with E-state index in [9.17, 15) is 5.11 Å². The first-order chi connectivity index (χ1) is 22.6. The summed E-state index contributed by atoms with van der Waals surface area (Å²) < 4.78 is 8.04. The number of hydrogen-bond donors (Lipinski definition) is 5. The Hall–Kier alpha value is -0.290. The molecule has 1 aromatic carbocycles. The molecule has 5 N–H and O–H groups in total. The van der Waals surface area contributed by atoms with Crippen molar-refractivity contribution in [2.75, 3.05) is 0 Å². The van der Waals surface area contributed by atoms with Gasteiger partial charge in [0, 0.05) is 63.7 Å². The summed E-state index contributed by atoms with van der Waals surface area (Å²) in [5.41, 5.74) is 1.27. The summed E-state index contributed by atoms with van der Waals surface area (Å²) in [6.45, 7) is 17.8. The molecule has 8 bridgehead atoms. The lowest BCUT2D eigenvalue weighted by Gasteiger charge is -2.32. The lowest BCUT2D eigenvalue weighted by Crippen LogP contribution is -2.48. The zero-order valence-electron chi connectivity index (χ0n) is 30.2. The maximum Gasteiger partial charge on any atom is 0.0721 e. The predicted octanol–water partition coefficient (Wildman–Crippen LogP) is 6.34. The van der Waals surface area contributed by atoms with Gasteiger partial charge in [-0.05, 0) is 121 Å². The molecule has 17 unspecified atom stereocenters. The molecule has 1 saturated carbocycles. The van der Waals surface area contributed by atoms with Crippen molar-refractivity contribution in [1.29, 1.82) is 0 Å². The SMILES string of the molecule is CCCC1C(C)C2CC3NC(CC4NC(CC5NC6C(CC(O)C6C5C)C1N2)[C@H](CC)[C@H]4C)C(C(C)OCc1cccc(I)c1)C3C. The minimum absolute atomic E-state index is 0.182. The molecule has 7 rings (SSSR count). The number of halogens is 1. The van der Waals surface area contributed by atoms with Gasteiger partial charge in [-0.15, -0.1) is 0 Å². The summed E-state index contributed by atoms with van der Waals surface area (Å²) in [5.74, 6) is 5.10. The molecular formula is C40H65IN4O2. The standard InChI is InChI=1S/C40H65IN4O2/c1-8-11-28-21(4)31-16-32-22(5)37(24(7)47-19-25-12-10-13-26(41)14-25)35(43-32)18-30-20(3)27(9-2)34(42-30)17-33-23(6)38-36(46)15-29(39(28)44-31)40(38)45-33/h10,12-14,20-24,27-40,42-46H,8-9,11,15-19H2,1-7H3/t20-,21?,22?,23?,24?,27-,28?,29?,30?,31?,32?,33?,34?,35?,36?,37?,38?,39?,40?/m1/s1. The number of benzene rings is 1. The van der Waals surface area contributed by atoms with Gasteiger partial charge in [0.2, 0.25) is 0 Å². The number of aliphatic hydroxyl groups excluding tert-OH is 1. The van der Waals surface area contributed by atoms with Gasteiger partial charge in [-0.3, -0.25) is 0 Å². The number of fused-ring (bicyclic) bond motifs is 8. The fourth-order valence-electron chi connectivity index (χ4n) is 12.6. The first-order valence-electron chi connectivity index (χ1n) is 19.7. The quantitative estimate of drug-likeness (QED) is 0.209. The summed E-state index contributed by atoms with van der Waals surface area (Å²) in [7, 11) is 0. The fourth-order valence-corrected chi connectivity index (χ4v) is 13.2. The van der Waals surface area contributed by atoms with Crippen LogP contribution in [0.5, 0.6) is 0 Å². The van der Waals surface area contributed by atoms with Crippen LogP contribution in [0.1, 0.15) is 99.0 Å². The van der Waals surface area contributed by atoms with Gasteiger partial charge in [-0.2, -0.15) is 0 Å². The van der Waals surface area contributed by atoms with Crippen molar-refractivity contribution in [3.8, 4) is 0 Å². The molecule has 0 radical (unpaired) electrons. The molecule has 7 heteroatoms. The van der Waals surface area contributed by atoms with Gasteiger partial charge in [0.05, 0.1) is 18.8 Å². The van der Waals surface area contributed by atoms with Crippen molar-refractivity contribution in [3.05, 3.63) is 33.4 Å². The minimum atomic E-state index is -0.182. The number of hydrogen-bond acceptors (Lipinski definition) is 6. The Morgan fingerprint density at radius 3 is 2.17 bits per heavy atom. The van der Waals surface area contributed by atoms with Gasteiger partial charge in [0.1, 0.15) is 0 Å². The maximum absolute atomic E-state index is 11.6. The van der Waals surface area contributed by atoms with E-state index >= 15 is 0 Å². The van der Waals surface area contributed by atoms with Crippen LogP contribution in [0.4, 0.5) is 0 Å². The average Bonchev–Trinajstić information content (AvgIpc) is 3.79. The Kier molecular flexibility index (Phi) is 10.7. The molecule has 264 valence electrons. The molecule has 0 amide bonds. The third-order valence-electron chi connectivity index (χ3n) is 15.1. The Labute approximate surface area is 299 Å². The zero-order chi connectivity index (χ0) is 33.1. The van der Waals surface area contributed by atoms with Crippen LogP contribution in [0.2, 0.25) is 0 Å². The molecule has 6 aliphatic rings. The molecule has 6 fully saturated rings. The van der Waals surface area contributed by atoms with E-state index in [1.54, 1.807) is 0 Å². The molecule has 19 atom stereocenters. The van der Waals surface area contributed by atoms with Gasteiger partial charge in [0.25, 0.3) is 0 Å². The Bertz CT molecular complexity index is 1220. The summed E-state index contributed by atoms with van der Waals surface area (Å²) in [5, 5.41) is 28.7. The molecular weight excluding hydrogens is 695 g/mol. The van der Waals surface area contributed by atoms with E-state index in [4.69, 9.17) is 4.74 Å².